The number of piperazine rings is 1. The van der Waals surface area contributed by atoms with Crippen molar-refractivity contribution in [2.75, 3.05) is 40.7 Å². The molecule has 1 aliphatic carbocycles. The van der Waals surface area contributed by atoms with Gasteiger partial charge in [0.15, 0.2) is 5.82 Å². The van der Waals surface area contributed by atoms with Crippen LogP contribution in [0.5, 0.6) is 0 Å². The molecule has 2 aliphatic heterocycles. The molecule has 5 rings (SSSR count). The number of nitrogens with one attached hydrogen (secondary N) is 2. The summed E-state index contributed by atoms with van der Waals surface area (Å²) in [4.78, 5) is 11.9. The molecule has 3 aliphatic rings. The van der Waals surface area contributed by atoms with Crippen molar-refractivity contribution in [3.05, 3.63) is 40.9 Å². The summed E-state index contributed by atoms with van der Waals surface area (Å²) in [5.41, 5.74) is 2.84. The van der Waals surface area contributed by atoms with Crippen molar-refractivity contribution < 1.29 is 8.42 Å². The van der Waals surface area contributed by atoms with Gasteiger partial charge in [-0.2, -0.15) is 4.98 Å². The van der Waals surface area contributed by atoms with Crippen molar-refractivity contribution in [3.63, 3.8) is 0 Å². The van der Waals surface area contributed by atoms with Gasteiger partial charge in [0.05, 0.1) is 4.91 Å². The van der Waals surface area contributed by atoms with Gasteiger partial charge in [0.2, 0.25) is 5.95 Å². The van der Waals surface area contributed by atoms with E-state index in [9.17, 15) is 8.42 Å². The number of sulfonamides is 1. The SMILES string of the molecule is CCC1=Cc2cnc(Nc3ccc(N4CCNCC4)cc3)nc2N(C2CCCC2)S1(=O)=O. The molecule has 2 fully saturated rings. The van der Waals surface area contributed by atoms with E-state index in [1.807, 2.05) is 19.1 Å². The van der Waals surface area contributed by atoms with Crippen LogP contribution in [-0.4, -0.2) is 50.6 Å². The monoisotopic (exact) mass is 454 g/mol. The van der Waals surface area contributed by atoms with Crippen LogP contribution in [0.25, 0.3) is 6.08 Å². The third-order valence-electron chi connectivity index (χ3n) is 6.52. The van der Waals surface area contributed by atoms with E-state index in [4.69, 9.17) is 0 Å². The normalized spacial score (nSPS) is 20.7. The lowest BCUT2D eigenvalue weighted by atomic mass is 10.2. The molecule has 1 saturated carbocycles. The quantitative estimate of drug-likeness (QED) is 0.715. The number of benzene rings is 1. The highest BCUT2D eigenvalue weighted by molar-refractivity contribution is 7.96. The Bertz CT molecular complexity index is 1100. The third kappa shape index (κ3) is 3.95. The zero-order chi connectivity index (χ0) is 22.1. The average Bonchev–Trinajstić information content (AvgIpc) is 3.33. The minimum absolute atomic E-state index is 0.0323. The summed E-state index contributed by atoms with van der Waals surface area (Å²) in [6, 6.07) is 8.19. The maximum Gasteiger partial charge on any atom is 0.261 e. The molecule has 9 heteroatoms. The summed E-state index contributed by atoms with van der Waals surface area (Å²) < 4.78 is 28.2. The Hall–Kier alpha value is -2.65. The Morgan fingerprint density at radius 1 is 1.12 bits per heavy atom. The maximum absolute atomic E-state index is 13.3. The Morgan fingerprint density at radius 2 is 1.84 bits per heavy atom. The first-order chi connectivity index (χ1) is 15.6. The summed E-state index contributed by atoms with van der Waals surface area (Å²) in [5.74, 6) is 0.897. The lowest BCUT2D eigenvalue weighted by Crippen LogP contribution is -2.43. The fraction of sp³-hybridized carbons (Fsp3) is 0.478. The van der Waals surface area contributed by atoms with Gasteiger partial charge in [-0.05, 0) is 49.6 Å². The number of rotatable bonds is 5. The van der Waals surface area contributed by atoms with Gasteiger partial charge < -0.3 is 15.5 Å². The van der Waals surface area contributed by atoms with Crippen molar-refractivity contribution in [3.8, 4) is 0 Å². The summed E-state index contributed by atoms with van der Waals surface area (Å²) in [7, 11) is -3.55. The van der Waals surface area contributed by atoms with Gasteiger partial charge in [-0.3, -0.25) is 0 Å². The first-order valence-corrected chi connectivity index (χ1v) is 12.9. The van der Waals surface area contributed by atoms with Gasteiger partial charge >= 0.3 is 0 Å². The molecule has 3 heterocycles. The highest BCUT2D eigenvalue weighted by Gasteiger charge is 2.39. The highest BCUT2D eigenvalue weighted by Crippen LogP contribution is 2.39. The summed E-state index contributed by atoms with van der Waals surface area (Å²) in [6.45, 7) is 5.87. The maximum atomic E-state index is 13.3. The van der Waals surface area contributed by atoms with Crippen LogP contribution in [0.15, 0.2) is 35.4 Å². The molecule has 2 aromatic rings. The van der Waals surface area contributed by atoms with E-state index >= 15 is 0 Å². The molecule has 1 aromatic heterocycles. The van der Waals surface area contributed by atoms with Crippen molar-refractivity contribution in [2.45, 2.75) is 45.1 Å². The van der Waals surface area contributed by atoms with Crippen molar-refractivity contribution in [1.29, 1.82) is 0 Å². The van der Waals surface area contributed by atoms with E-state index in [1.165, 1.54) is 5.69 Å². The predicted octanol–water partition coefficient (Wildman–Crippen LogP) is 3.47. The molecule has 0 radical (unpaired) electrons. The first kappa shape index (κ1) is 21.2. The Kier molecular flexibility index (Phi) is 5.77. The minimum Gasteiger partial charge on any atom is -0.369 e. The molecule has 8 nitrogen and oxygen atoms in total. The smallest absolute Gasteiger partial charge is 0.261 e. The molecular formula is C23H30N6O2S. The van der Waals surface area contributed by atoms with E-state index < -0.39 is 10.0 Å². The fourth-order valence-electron chi connectivity index (χ4n) is 4.81. The van der Waals surface area contributed by atoms with E-state index in [-0.39, 0.29) is 6.04 Å². The lowest BCUT2D eigenvalue weighted by molar-refractivity contribution is 0.577. The highest BCUT2D eigenvalue weighted by atomic mass is 32.2. The minimum atomic E-state index is -3.55. The van der Waals surface area contributed by atoms with Gasteiger partial charge in [-0.15, -0.1) is 0 Å². The molecule has 0 amide bonds. The number of fused-ring (bicyclic) bond motifs is 1. The molecular weight excluding hydrogens is 424 g/mol. The fourth-order valence-corrected chi connectivity index (χ4v) is 6.68. The molecule has 0 spiro atoms. The molecule has 0 unspecified atom stereocenters. The number of anilines is 4. The Balaban J connectivity index is 1.42. The van der Waals surface area contributed by atoms with E-state index in [1.54, 1.807) is 16.6 Å². The predicted molar refractivity (Wildman–Crippen MR) is 129 cm³/mol. The van der Waals surface area contributed by atoms with Gasteiger partial charge in [0.1, 0.15) is 0 Å². The molecule has 1 aromatic carbocycles. The Morgan fingerprint density at radius 3 is 2.53 bits per heavy atom. The van der Waals surface area contributed by atoms with Crippen LogP contribution in [-0.2, 0) is 10.0 Å². The number of aromatic nitrogens is 2. The van der Waals surface area contributed by atoms with Crippen LogP contribution >= 0.6 is 0 Å². The van der Waals surface area contributed by atoms with E-state index in [0.717, 1.165) is 63.1 Å². The van der Waals surface area contributed by atoms with Crippen molar-refractivity contribution in [1.82, 2.24) is 15.3 Å². The molecule has 0 bridgehead atoms. The standard InChI is InChI=1S/C23H30N6O2S/c1-2-21-15-17-16-25-23(27-22(17)29(32(21,30)31)20-5-3-4-6-20)26-18-7-9-19(10-8-18)28-13-11-24-12-14-28/h7-10,15-16,20,24H,2-6,11-14H2,1H3,(H,25,26,27). The summed E-state index contributed by atoms with van der Waals surface area (Å²) >= 11 is 0. The van der Waals surface area contributed by atoms with Gasteiger partial charge in [0, 0.05) is 55.4 Å². The first-order valence-electron chi connectivity index (χ1n) is 11.5. The number of allylic oxidation sites excluding steroid dienone is 1. The van der Waals surface area contributed by atoms with Gasteiger partial charge in [0.25, 0.3) is 10.0 Å². The zero-order valence-corrected chi connectivity index (χ0v) is 19.2. The third-order valence-corrected chi connectivity index (χ3v) is 8.58. The average molecular weight is 455 g/mol. The molecule has 170 valence electrons. The van der Waals surface area contributed by atoms with Crippen molar-refractivity contribution >= 4 is 39.2 Å². The second-order valence-corrected chi connectivity index (χ2v) is 10.5. The van der Waals surface area contributed by atoms with Crippen LogP contribution in [0.3, 0.4) is 0 Å². The number of hydrogen-bond acceptors (Lipinski definition) is 7. The molecule has 0 atom stereocenters. The largest absolute Gasteiger partial charge is 0.369 e. The molecule has 32 heavy (non-hydrogen) atoms. The second-order valence-electron chi connectivity index (χ2n) is 8.58. The number of nitrogens with zero attached hydrogens (tertiary/aromatic N) is 4. The zero-order valence-electron chi connectivity index (χ0n) is 18.4. The van der Waals surface area contributed by atoms with E-state index in [2.05, 4.69) is 37.6 Å². The summed E-state index contributed by atoms with van der Waals surface area (Å²) in [6.07, 6.45) is 7.75. The van der Waals surface area contributed by atoms with E-state index in [0.29, 0.717) is 23.1 Å². The van der Waals surface area contributed by atoms with Gasteiger partial charge in [-0.1, -0.05) is 19.8 Å². The topological polar surface area (TPSA) is 90.5 Å². The lowest BCUT2D eigenvalue weighted by Gasteiger charge is -2.34. The Labute approximate surface area is 189 Å². The summed E-state index contributed by atoms with van der Waals surface area (Å²) in [5, 5.41) is 6.62. The van der Waals surface area contributed by atoms with Crippen LogP contribution in [0.4, 0.5) is 23.1 Å². The van der Waals surface area contributed by atoms with Crippen LogP contribution in [0.1, 0.15) is 44.6 Å². The van der Waals surface area contributed by atoms with Crippen LogP contribution in [0.2, 0.25) is 0 Å². The molecule has 2 N–H and O–H groups in total. The van der Waals surface area contributed by atoms with Crippen LogP contribution in [0, 0.1) is 0 Å². The number of hydrogen-bond donors (Lipinski definition) is 2. The second kappa shape index (κ2) is 8.71. The van der Waals surface area contributed by atoms with Crippen molar-refractivity contribution in [2.24, 2.45) is 0 Å². The van der Waals surface area contributed by atoms with Crippen LogP contribution < -0.4 is 19.8 Å². The van der Waals surface area contributed by atoms with Gasteiger partial charge in [-0.25, -0.2) is 17.7 Å². The molecule has 1 saturated heterocycles.